The number of carbonyl (C=O) groups excluding carboxylic acids is 2. The van der Waals surface area contributed by atoms with Gasteiger partial charge in [0.1, 0.15) is 6.04 Å². The van der Waals surface area contributed by atoms with Crippen molar-refractivity contribution in [1.29, 1.82) is 0 Å². The summed E-state index contributed by atoms with van der Waals surface area (Å²) in [6.45, 7) is 3.58. The van der Waals surface area contributed by atoms with E-state index >= 15 is 0 Å². The third kappa shape index (κ3) is 3.64. The SMILES string of the molecule is COCC(N)C(=O)Nc1cccc(C(=O)N2CCCC2)c1C. The average molecular weight is 305 g/mol. The zero-order valence-corrected chi connectivity index (χ0v) is 13.1. The summed E-state index contributed by atoms with van der Waals surface area (Å²) < 4.78 is 4.88. The number of nitrogens with two attached hydrogens (primary N) is 1. The Morgan fingerprint density at radius 3 is 2.68 bits per heavy atom. The summed E-state index contributed by atoms with van der Waals surface area (Å²) in [6, 6.07) is 4.60. The van der Waals surface area contributed by atoms with Crippen LogP contribution in [0, 0.1) is 6.92 Å². The number of likely N-dealkylation sites (tertiary alicyclic amines) is 1. The molecule has 1 saturated heterocycles. The summed E-state index contributed by atoms with van der Waals surface area (Å²) in [6.07, 6.45) is 2.10. The minimum Gasteiger partial charge on any atom is -0.383 e. The summed E-state index contributed by atoms with van der Waals surface area (Å²) in [5.74, 6) is -0.303. The van der Waals surface area contributed by atoms with Crippen LogP contribution in [-0.4, -0.2) is 49.6 Å². The van der Waals surface area contributed by atoms with Gasteiger partial charge in [-0.15, -0.1) is 0 Å². The Balaban J connectivity index is 2.15. The molecule has 0 saturated carbocycles. The quantitative estimate of drug-likeness (QED) is 0.854. The second-order valence-corrected chi connectivity index (χ2v) is 5.53. The van der Waals surface area contributed by atoms with Gasteiger partial charge in [-0.05, 0) is 37.5 Å². The summed E-state index contributed by atoms with van der Waals surface area (Å²) >= 11 is 0. The molecule has 1 aliphatic heterocycles. The molecule has 1 aromatic carbocycles. The highest BCUT2D eigenvalue weighted by molar-refractivity contribution is 6.00. The fourth-order valence-electron chi connectivity index (χ4n) is 2.57. The molecule has 1 aromatic rings. The van der Waals surface area contributed by atoms with E-state index in [2.05, 4.69) is 5.32 Å². The molecule has 1 aliphatic rings. The Hall–Kier alpha value is -1.92. The maximum Gasteiger partial charge on any atom is 0.254 e. The van der Waals surface area contributed by atoms with Gasteiger partial charge in [-0.1, -0.05) is 6.07 Å². The van der Waals surface area contributed by atoms with E-state index in [1.807, 2.05) is 11.8 Å². The molecule has 1 unspecified atom stereocenters. The average Bonchev–Trinajstić information content (AvgIpc) is 3.03. The first-order valence-electron chi connectivity index (χ1n) is 7.49. The van der Waals surface area contributed by atoms with Crippen LogP contribution in [0.5, 0.6) is 0 Å². The van der Waals surface area contributed by atoms with Crippen LogP contribution in [0.15, 0.2) is 18.2 Å². The number of anilines is 1. The third-order valence-electron chi connectivity index (χ3n) is 3.90. The number of ether oxygens (including phenoxy) is 1. The number of methoxy groups -OCH3 is 1. The number of carbonyl (C=O) groups is 2. The summed E-state index contributed by atoms with van der Waals surface area (Å²) in [5, 5.41) is 2.77. The lowest BCUT2D eigenvalue weighted by atomic mass is 10.1. The van der Waals surface area contributed by atoms with E-state index in [1.165, 1.54) is 7.11 Å². The van der Waals surface area contributed by atoms with Gasteiger partial charge in [0.05, 0.1) is 6.61 Å². The van der Waals surface area contributed by atoms with E-state index in [-0.39, 0.29) is 18.4 Å². The predicted octanol–water partition coefficient (Wildman–Crippen LogP) is 1.14. The van der Waals surface area contributed by atoms with Crippen molar-refractivity contribution in [2.75, 3.05) is 32.1 Å². The minimum atomic E-state index is -0.734. The van der Waals surface area contributed by atoms with Gasteiger partial charge in [0, 0.05) is 31.5 Å². The molecule has 3 N–H and O–H groups in total. The topological polar surface area (TPSA) is 84.7 Å². The van der Waals surface area contributed by atoms with Gasteiger partial charge in [-0.2, -0.15) is 0 Å². The molecule has 6 nitrogen and oxygen atoms in total. The van der Waals surface area contributed by atoms with Crippen molar-refractivity contribution < 1.29 is 14.3 Å². The maximum atomic E-state index is 12.5. The Morgan fingerprint density at radius 2 is 2.05 bits per heavy atom. The van der Waals surface area contributed by atoms with Gasteiger partial charge in [-0.3, -0.25) is 9.59 Å². The smallest absolute Gasteiger partial charge is 0.254 e. The van der Waals surface area contributed by atoms with Gasteiger partial charge in [0.25, 0.3) is 5.91 Å². The number of hydrogen-bond acceptors (Lipinski definition) is 4. The van der Waals surface area contributed by atoms with Gasteiger partial charge in [-0.25, -0.2) is 0 Å². The van der Waals surface area contributed by atoms with Crippen LogP contribution >= 0.6 is 0 Å². The second-order valence-electron chi connectivity index (χ2n) is 5.53. The summed E-state index contributed by atoms with van der Waals surface area (Å²) in [4.78, 5) is 26.3. The number of rotatable bonds is 5. The first kappa shape index (κ1) is 16.5. The molecule has 1 heterocycles. The highest BCUT2D eigenvalue weighted by Crippen LogP contribution is 2.22. The summed E-state index contributed by atoms with van der Waals surface area (Å²) in [7, 11) is 1.49. The summed E-state index contributed by atoms with van der Waals surface area (Å²) in [5.41, 5.74) is 7.71. The van der Waals surface area contributed by atoms with Crippen molar-refractivity contribution in [2.45, 2.75) is 25.8 Å². The molecule has 0 spiro atoms. The van der Waals surface area contributed by atoms with Gasteiger partial charge < -0.3 is 20.7 Å². The van der Waals surface area contributed by atoms with Gasteiger partial charge in [0.2, 0.25) is 5.91 Å². The highest BCUT2D eigenvalue weighted by Gasteiger charge is 2.22. The molecular formula is C16H23N3O3. The molecule has 1 atom stereocenters. The normalized spacial score (nSPS) is 15.7. The maximum absolute atomic E-state index is 12.5. The monoisotopic (exact) mass is 305 g/mol. The molecule has 0 bridgehead atoms. The van der Waals surface area contributed by atoms with E-state index in [9.17, 15) is 9.59 Å². The number of hydrogen-bond donors (Lipinski definition) is 2. The number of nitrogens with one attached hydrogen (secondary N) is 1. The number of benzene rings is 1. The Bertz CT molecular complexity index is 554. The van der Waals surface area contributed by atoms with E-state index in [0.717, 1.165) is 31.5 Å². The largest absolute Gasteiger partial charge is 0.383 e. The fourth-order valence-corrected chi connectivity index (χ4v) is 2.57. The minimum absolute atomic E-state index is 0.0206. The second kappa shape index (κ2) is 7.38. The van der Waals surface area contributed by atoms with E-state index in [1.54, 1.807) is 18.2 Å². The van der Waals surface area contributed by atoms with E-state index in [0.29, 0.717) is 11.3 Å². The molecule has 1 fully saturated rings. The molecule has 22 heavy (non-hydrogen) atoms. The van der Waals surface area contributed by atoms with E-state index < -0.39 is 6.04 Å². The lowest BCUT2D eigenvalue weighted by Gasteiger charge is -2.19. The van der Waals surface area contributed by atoms with Crippen LogP contribution in [-0.2, 0) is 9.53 Å². The van der Waals surface area contributed by atoms with Gasteiger partial charge >= 0.3 is 0 Å². The van der Waals surface area contributed by atoms with Crippen LogP contribution < -0.4 is 11.1 Å². The van der Waals surface area contributed by atoms with Crippen molar-refractivity contribution in [1.82, 2.24) is 4.90 Å². The van der Waals surface area contributed by atoms with Crippen molar-refractivity contribution in [2.24, 2.45) is 5.73 Å². The Morgan fingerprint density at radius 1 is 1.36 bits per heavy atom. The molecule has 0 radical (unpaired) electrons. The predicted molar refractivity (Wildman–Crippen MR) is 84.8 cm³/mol. The lowest BCUT2D eigenvalue weighted by molar-refractivity contribution is -0.118. The molecule has 0 aromatic heterocycles. The van der Waals surface area contributed by atoms with E-state index in [4.69, 9.17) is 10.5 Å². The van der Waals surface area contributed by atoms with Crippen LogP contribution in [0.25, 0.3) is 0 Å². The standard InChI is InChI=1S/C16H23N3O3/c1-11-12(16(21)19-8-3-4-9-19)6-5-7-14(11)18-15(20)13(17)10-22-2/h5-7,13H,3-4,8-10,17H2,1-2H3,(H,18,20). The van der Waals surface area contributed by atoms with Crippen LogP contribution in [0.1, 0.15) is 28.8 Å². The highest BCUT2D eigenvalue weighted by atomic mass is 16.5. The zero-order valence-electron chi connectivity index (χ0n) is 13.1. The number of nitrogens with zero attached hydrogens (tertiary/aromatic N) is 1. The third-order valence-corrected chi connectivity index (χ3v) is 3.90. The molecule has 6 heteroatoms. The first-order chi connectivity index (χ1) is 10.5. The van der Waals surface area contributed by atoms with Crippen LogP contribution in [0.4, 0.5) is 5.69 Å². The van der Waals surface area contributed by atoms with Crippen LogP contribution in [0.2, 0.25) is 0 Å². The molecule has 0 aliphatic carbocycles. The van der Waals surface area contributed by atoms with Crippen molar-refractivity contribution >= 4 is 17.5 Å². The fraction of sp³-hybridized carbons (Fsp3) is 0.500. The number of amides is 2. The molecule has 120 valence electrons. The zero-order chi connectivity index (χ0) is 16.1. The van der Waals surface area contributed by atoms with Gasteiger partial charge in [0.15, 0.2) is 0 Å². The van der Waals surface area contributed by atoms with Crippen molar-refractivity contribution in [3.63, 3.8) is 0 Å². The van der Waals surface area contributed by atoms with Crippen molar-refractivity contribution in [3.05, 3.63) is 29.3 Å². The van der Waals surface area contributed by atoms with Crippen LogP contribution in [0.3, 0.4) is 0 Å². The molecule has 2 amide bonds. The Labute approximate surface area is 130 Å². The Kier molecular flexibility index (Phi) is 5.51. The molecule has 2 rings (SSSR count). The lowest BCUT2D eigenvalue weighted by Crippen LogP contribution is -2.39. The van der Waals surface area contributed by atoms with Crippen molar-refractivity contribution in [3.8, 4) is 0 Å². The first-order valence-corrected chi connectivity index (χ1v) is 7.49. The molecular weight excluding hydrogens is 282 g/mol.